The van der Waals surface area contributed by atoms with E-state index in [2.05, 4.69) is 17.5 Å². The van der Waals surface area contributed by atoms with Gasteiger partial charge in [0.2, 0.25) is 0 Å². The molecule has 0 fully saturated rings. The van der Waals surface area contributed by atoms with Crippen molar-refractivity contribution in [2.45, 2.75) is 39.7 Å². The summed E-state index contributed by atoms with van der Waals surface area (Å²) in [6.45, 7) is 8.15. The molecule has 1 aromatic carbocycles. The lowest BCUT2D eigenvalue weighted by molar-refractivity contribution is 0.0697. The Hall–Kier alpha value is -1.77. The van der Waals surface area contributed by atoms with E-state index in [1.54, 1.807) is 6.07 Å². The number of carbonyl (C=O) groups is 1. The molecule has 0 unspecified atom stereocenters. The minimum absolute atomic E-state index is 0.213. The van der Waals surface area contributed by atoms with Crippen molar-refractivity contribution in [1.29, 1.82) is 0 Å². The first kappa shape index (κ1) is 12.7. The Morgan fingerprint density at radius 3 is 2.61 bits per heavy atom. The minimum Gasteiger partial charge on any atom is -0.478 e. The molecule has 2 N–H and O–H groups in total. The molecule has 1 aliphatic heterocycles. The normalized spacial score (nSPS) is 16.6. The fourth-order valence-electron chi connectivity index (χ4n) is 2.50. The molecule has 0 amide bonds. The molecule has 3 heteroatoms. The molecule has 1 heterocycles. The largest absolute Gasteiger partial charge is 0.478 e. The van der Waals surface area contributed by atoms with Crippen molar-refractivity contribution in [2.24, 2.45) is 0 Å². The van der Waals surface area contributed by atoms with E-state index in [-0.39, 0.29) is 5.54 Å². The average molecular weight is 245 g/mol. The molecule has 0 saturated carbocycles. The molecule has 18 heavy (non-hydrogen) atoms. The summed E-state index contributed by atoms with van der Waals surface area (Å²) in [5, 5.41) is 12.7. The summed E-state index contributed by atoms with van der Waals surface area (Å²) < 4.78 is 0. The Morgan fingerprint density at radius 1 is 1.39 bits per heavy atom. The van der Waals surface area contributed by atoms with Crippen molar-refractivity contribution >= 4 is 17.2 Å². The number of anilines is 1. The van der Waals surface area contributed by atoms with Crippen LogP contribution >= 0.6 is 0 Å². The van der Waals surface area contributed by atoms with Crippen LogP contribution in [-0.4, -0.2) is 16.6 Å². The maximum Gasteiger partial charge on any atom is 0.337 e. The van der Waals surface area contributed by atoms with Gasteiger partial charge < -0.3 is 10.4 Å². The number of carboxylic acids is 1. The van der Waals surface area contributed by atoms with E-state index in [1.165, 1.54) is 0 Å². The third-order valence-corrected chi connectivity index (χ3v) is 3.29. The van der Waals surface area contributed by atoms with Crippen LogP contribution in [0.3, 0.4) is 0 Å². The van der Waals surface area contributed by atoms with Gasteiger partial charge in [0.15, 0.2) is 0 Å². The molecule has 96 valence electrons. The lowest BCUT2D eigenvalue weighted by Gasteiger charge is -2.32. The van der Waals surface area contributed by atoms with Crippen LogP contribution in [0, 0.1) is 0 Å². The summed E-state index contributed by atoms with van der Waals surface area (Å²) in [4.78, 5) is 11.4. The van der Waals surface area contributed by atoms with E-state index in [0.29, 0.717) is 5.56 Å². The number of allylic oxidation sites excluding steroid dienone is 1. The van der Waals surface area contributed by atoms with Crippen molar-refractivity contribution in [2.75, 3.05) is 5.32 Å². The van der Waals surface area contributed by atoms with Crippen molar-refractivity contribution < 1.29 is 9.90 Å². The first-order valence-electron chi connectivity index (χ1n) is 6.22. The lowest BCUT2D eigenvalue weighted by Crippen LogP contribution is -2.32. The van der Waals surface area contributed by atoms with Crippen molar-refractivity contribution in [3.63, 3.8) is 0 Å². The van der Waals surface area contributed by atoms with Gasteiger partial charge in [-0.25, -0.2) is 4.79 Å². The third kappa shape index (κ3) is 2.13. The second kappa shape index (κ2) is 4.16. The first-order chi connectivity index (χ1) is 8.34. The van der Waals surface area contributed by atoms with E-state index in [9.17, 15) is 9.90 Å². The molecule has 1 aliphatic rings. The lowest BCUT2D eigenvalue weighted by atomic mass is 9.88. The summed E-state index contributed by atoms with van der Waals surface area (Å²) in [6, 6.07) is 3.85. The summed E-state index contributed by atoms with van der Waals surface area (Å²) in [6.07, 6.45) is 2.98. The van der Waals surface area contributed by atoms with Crippen molar-refractivity contribution in [3.05, 3.63) is 34.9 Å². The zero-order valence-electron chi connectivity index (χ0n) is 11.3. The number of rotatable bonds is 2. The zero-order chi connectivity index (χ0) is 13.5. The number of carboxylic acid groups (broad SMARTS) is 1. The smallest absolute Gasteiger partial charge is 0.337 e. The van der Waals surface area contributed by atoms with Crippen molar-refractivity contribution in [1.82, 2.24) is 0 Å². The number of fused-ring (bicyclic) bond motifs is 1. The molecule has 0 bridgehead atoms. The van der Waals surface area contributed by atoms with Crippen LogP contribution in [-0.2, 0) is 6.42 Å². The minimum atomic E-state index is -0.875. The van der Waals surface area contributed by atoms with Gasteiger partial charge in [-0.15, -0.1) is 0 Å². The Balaban J connectivity index is 2.70. The van der Waals surface area contributed by atoms with Gasteiger partial charge in [-0.05, 0) is 50.5 Å². The molecule has 0 saturated heterocycles. The first-order valence-corrected chi connectivity index (χ1v) is 6.22. The predicted octanol–water partition coefficient (Wildman–Crippen LogP) is 3.55. The van der Waals surface area contributed by atoms with E-state index < -0.39 is 5.97 Å². The van der Waals surface area contributed by atoms with Crippen LogP contribution in [0.15, 0.2) is 18.2 Å². The van der Waals surface area contributed by atoms with Gasteiger partial charge in [-0.1, -0.05) is 13.0 Å². The van der Waals surface area contributed by atoms with Crippen LogP contribution in [0.2, 0.25) is 0 Å². The molecule has 2 rings (SSSR count). The van der Waals surface area contributed by atoms with Gasteiger partial charge in [0, 0.05) is 5.56 Å². The number of benzene rings is 1. The predicted molar refractivity (Wildman–Crippen MR) is 74.1 cm³/mol. The Bertz CT molecular complexity index is 542. The van der Waals surface area contributed by atoms with E-state index in [0.717, 1.165) is 28.8 Å². The number of hydrogen-bond acceptors (Lipinski definition) is 2. The zero-order valence-corrected chi connectivity index (χ0v) is 11.3. The van der Waals surface area contributed by atoms with Gasteiger partial charge >= 0.3 is 5.97 Å². The highest BCUT2D eigenvalue weighted by molar-refractivity contribution is 5.99. The highest BCUT2D eigenvalue weighted by Gasteiger charge is 2.26. The Kier molecular flexibility index (Phi) is 2.93. The van der Waals surface area contributed by atoms with Gasteiger partial charge in [0.05, 0.1) is 16.8 Å². The van der Waals surface area contributed by atoms with Gasteiger partial charge in [-0.2, -0.15) is 0 Å². The highest BCUT2D eigenvalue weighted by Crippen LogP contribution is 2.37. The standard InChI is InChI=1S/C15H19NO2/c1-5-10-6-11-9(2)8-15(3,4)16-13(11)12(7-10)14(17)18/h6-8,16H,5H2,1-4H3,(H,17,18). The van der Waals surface area contributed by atoms with Crippen LogP contribution in [0.5, 0.6) is 0 Å². The quantitative estimate of drug-likeness (QED) is 0.837. The number of hydrogen-bond donors (Lipinski definition) is 2. The molecular formula is C15H19NO2. The molecule has 3 nitrogen and oxygen atoms in total. The average Bonchev–Trinajstić information content (AvgIpc) is 2.26. The SMILES string of the molecule is CCc1cc(C(=O)O)c2c(c1)C(C)=CC(C)(C)N2. The van der Waals surface area contributed by atoms with Gasteiger partial charge in [-0.3, -0.25) is 0 Å². The van der Waals surface area contributed by atoms with E-state index >= 15 is 0 Å². The molecule has 0 aromatic heterocycles. The third-order valence-electron chi connectivity index (χ3n) is 3.29. The second-order valence-electron chi connectivity index (χ2n) is 5.40. The Morgan fingerprint density at radius 2 is 2.06 bits per heavy atom. The molecule has 0 spiro atoms. The topological polar surface area (TPSA) is 49.3 Å². The fourth-order valence-corrected chi connectivity index (χ4v) is 2.50. The van der Waals surface area contributed by atoms with E-state index in [4.69, 9.17) is 0 Å². The monoisotopic (exact) mass is 245 g/mol. The van der Waals surface area contributed by atoms with Crippen LogP contribution in [0.25, 0.3) is 5.57 Å². The van der Waals surface area contributed by atoms with Crippen molar-refractivity contribution in [3.8, 4) is 0 Å². The van der Waals surface area contributed by atoms with E-state index in [1.807, 2.05) is 27.7 Å². The second-order valence-corrected chi connectivity index (χ2v) is 5.40. The van der Waals surface area contributed by atoms with Crippen LogP contribution in [0.1, 0.15) is 49.2 Å². The molecule has 0 atom stereocenters. The molecular weight excluding hydrogens is 226 g/mol. The maximum atomic E-state index is 11.4. The molecule has 0 radical (unpaired) electrons. The summed E-state index contributed by atoms with van der Waals surface area (Å²) >= 11 is 0. The van der Waals surface area contributed by atoms with Crippen LogP contribution in [0.4, 0.5) is 5.69 Å². The fraction of sp³-hybridized carbons (Fsp3) is 0.400. The summed E-state index contributed by atoms with van der Waals surface area (Å²) in [7, 11) is 0. The Labute approximate surface area is 108 Å². The highest BCUT2D eigenvalue weighted by atomic mass is 16.4. The summed E-state index contributed by atoms with van der Waals surface area (Å²) in [5.41, 5.74) is 4.09. The van der Waals surface area contributed by atoms with Gasteiger partial charge in [0.25, 0.3) is 0 Å². The van der Waals surface area contributed by atoms with Crippen LogP contribution < -0.4 is 5.32 Å². The summed E-state index contributed by atoms with van der Waals surface area (Å²) in [5.74, 6) is -0.875. The van der Waals surface area contributed by atoms with Gasteiger partial charge in [0.1, 0.15) is 0 Å². The maximum absolute atomic E-state index is 11.4. The number of aromatic carboxylic acids is 1. The molecule has 0 aliphatic carbocycles. The molecule has 1 aromatic rings. The number of nitrogens with one attached hydrogen (secondary N) is 1. The number of aryl methyl sites for hydroxylation is 1.